The highest BCUT2D eigenvalue weighted by molar-refractivity contribution is 7.99. The number of nitrogens with one attached hydrogen (secondary N) is 1. The summed E-state index contributed by atoms with van der Waals surface area (Å²) < 4.78 is 2.03. The van der Waals surface area contributed by atoms with Crippen LogP contribution in [0, 0.1) is 12.8 Å². The number of para-hydroxylation sites is 1. The molecule has 2 atom stereocenters. The average Bonchev–Trinajstić information content (AvgIpc) is 3.18. The van der Waals surface area contributed by atoms with E-state index in [0.29, 0.717) is 16.8 Å². The first-order chi connectivity index (χ1) is 14.6. The van der Waals surface area contributed by atoms with Crippen molar-refractivity contribution in [3.8, 4) is 17.1 Å². The number of amides is 1. The Labute approximate surface area is 181 Å². The second-order valence-electron chi connectivity index (χ2n) is 7.89. The first-order valence-corrected chi connectivity index (χ1v) is 11.5. The maximum atomic E-state index is 12.6. The standard InChI is InChI=1S/C23H27N5OS/c1-16-7-3-5-9-19(16)25-21(29)15-30-23-27-26-22(18-11-13-24-14-12-18)28(23)20-10-6-4-8-17(20)2/h4,6,8,10-14,16,19H,3,5,7,9,15H2,1-2H3,(H,25,29)/t16-,19-/m1/s1. The van der Waals surface area contributed by atoms with Crippen molar-refractivity contribution in [1.82, 2.24) is 25.1 Å². The van der Waals surface area contributed by atoms with Crippen LogP contribution in [-0.2, 0) is 4.79 Å². The van der Waals surface area contributed by atoms with Crippen LogP contribution in [-0.4, -0.2) is 37.5 Å². The maximum Gasteiger partial charge on any atom is 0.230 e. The summed E-state index contributed by atoms with van der Waals surface area (Å²) in [6.07, 6.45) is 8.21. The zero-order valence-electron chi connectivity index (χ0n) is 17.4. The minimum atomic E-state index is 0.0588. The zero-order valence-corrected chi connectivity index (χ0v) is 18.2. The van der Waals surface area contributed by atoms with Gasteiger partial charge in [0, 0.05) is 24.0 Å². The molecule has 1 fully saturated rings. The maximum absolute atomic E-state index is 12.6. The second-order valence-corrected chi connectivity index (χ2v) is 8.83. The smallest absolute Gasteiger partial charge is 0.230 e. The molecule has 1 aliphatic carbocycles. The molecule has 1 saturated carbocycles. The number of hydrogen-bond donors (Lipinski definition) is 1. The molecule has 7 heteroatoms. The number of aromatic nitrogens is 4. The first-order valence-electron chi connectivity index (χ1n) is 10.5. The van der Waals surface area contributed by atoms with E-state index >= 15 is 0 Å². The zero-order chi connectivity index (χ0) is 20.9. The molecule has 156 valence electrons. The Morgan fingerprint density at radius 3 is 2.67 bits per heavy atom. The third kappa shape index (κ3) is 4.56. The molecule has 1 amide bonds. The lowest BCUT2D eigenvalue weighted by Gasteiger charge is -2.29. The van der Waals surface area contributed by atoms with Gasteiger partial charge in [0.25, 0.3) is 0 Å². The van der Waals surface area contributed by atoms with Gasteiger partial charge in [-0.3, -0.25) is 14.3 Å². The molecule has 0 unspecified atom stereocenters. The molecule has 0 saturated heterocycles. The van der Waals surface area contributed by atoms with Crippen molar-refractivity contribution < 1.29 is 4.79 Å². The molecular weight excluding hydrogens is 394 g/mol. The van der Waals surface area contributed by atoms with Gasteiger partial charge in [-0.15, -0.1) is 10.2 Å². The largest absolute Gasteiger partial charge is 0.352 e. The van der Waals surface area contributed by atoms with Crippen molar-refractivity contribution in [1.29, 1.82) is 0 Å². The Balaban J connectivity index is 1.57. The molecule has 0 radical (unpaired) electrons. The second kappa shape index (κ2) is 9.43. The lowest BCUT2D eigenvalue weighted by atomic mass is 9.86. The van der Waals surface area contributed by atoms with Crippen LogP contribution in [0.1, 0.15) is 38.2 Å². The van der Waals surface area contributed by atoms with E-state index in [1.807, 2.05) is 28.8 Å². The number of thioether (sulfide) groups is 1. The fourth-order valence-corrected chi connectivity index (χ4v) is 4.75. The number of nitrogens with zero attached hydrogens (tertiary/aromatic N) is 4. The Hall–Kier alpha value is -2.67. The van der Waals surface area contributed by atoms with E-state index in [1.54, 1.807) is 12.4 Å². The highest BCUT2D eigenvalue weighted by Crippen LogP contribution is 2.29. The van der Waals surface area contributed by atoms with E-state index in [-0.39, 0.29) is 11.9 Å². The molecule has 1 N–H and O–H groups in total. The number of aryl methyl sites for hydroxylation is 1. The first kappa shape index (κ1) is 20.6. The monoisotopic (exact) mass is 421 g/mol. The summed E-state index contributed by atoms with van der Waals surface area (Å²) >= 11 is 1.43. The Morgan fingerprint density at radius 2 is 1.90 bits per heavy atom. The van der Waals surface area contributed by atoms with Gasteiger partial charge in [-0.05, 0) is 49.4 Å². The van der Waals surface area contributed by atoms with E-state index in [9.17, 15) is 4.79 Å². The molecule has 0 aliphatic heterocycles. The minimum Gasteiger partial charge on any atom is -0.352 e. The van der Waals surface area contributed by atoms with E-state index in [4.69, 9.17) is 0 Å². The lowest BCUT2D eigenvalue weighted by Crippen LogP contribution is -2.41. The quantitative estimate of drug-likeness (QED) is 0.596. The highest BCUT2D eigenvalue weighted by atomic mass is 32.2. The van der Waals surface area contributed by atoms with Gasteiger partial charge in [-0.25, -0.2) is 0 Å². The summed E-state index contributed by atoms with van der Waals surface area (Å²) in [6.45, 7) is 4.30. The van der Waals surface area contributed by atoms with Gasteiger partial charge in [-0.1, -0.05) is 49.7 Å². The van der Waals surface area contributed by atoms with Gasteiger partial charge >= 0.3 is 0 Å². The Kier molecular flexibility index (Phi) is 6.47. The van der Waals surface area contributed by atoms with E-state index in [0.717, 1.165) is 29.1 Å². The Bertz CT molecular complexity index is 1000. The normalized spacial score (nSPS) is 18.9. The summed E-state index contributed by atoms with van der Waals surface area (Å²) in [5.41, 5.74) is 3.07. The number of benzene rings is 1. The number of hydrogen-bond acceptors (Lipinski definition) is 5. The number of carbonyl (C=O) groups is 1. The summed E-state index contributed by atoms with van der Waals surface area (Å²) in [6, 6.07) is 12.3. The van der Waals surface area contributed by atoms with Crippen LogP contribution >= 0.6 is 11.8 Å². The predicted octanol–water partition coefficient (Wildman–Crippen LogP) is 4.42. The third-order valence-corrected chi connectivity index (χ3v) is 6.65. The van der Waals surface area contributed by atoms with Gasteiger partial charge in [0.2, 0.25) is 5.91 Å². The third-order valence-electron chi connectivity index (χ3n) is 5.72. The molecule has 0 bridgehead atoms. The average molecular weight is 422 g/mol. The summed E-state index contributed by atoms with van der Waals surface area (Å²) in [4.78, 5) is 16.7. The Morgan fingerprint density at radius 1 is 1.13 bits per heavy atom. The summed E-state index contributed by atoms with van der Waals surface area (Å²) in [5, 5.41) is 12.8. The van der Waals surface area contributed by atoms with Crippen LogP contribution in [0.3, 0.4) is 0 Å². The predicted molar refractivity (Wildman–Crippen MR) is 120 cm³/mol. The van der Waals surface area contributed by atoms with Crippen molar-refractivity contribution in [3.63, 3.8) is 0 Å². The molecule has 4 rings (SSSR count). The van der Waals surface area contributed by atoms with Crippen LogP contribution < -0.4 is 5.32 Å². The summed E-state index contributed by atoms with van der Waals surface area (Å²) in [7, 11) is 0. The van der Waals surface area contributed by atoms with Crippen LogP contribution in [0.4, 0.5) is 0 Å². The fourth-order valence-electron chi connectivity index (χ4n) is 3.99. The van der Waals surface area contributed by atoms with Crippen molar-refractivity contribution in [2.45, 2.75) is 50.7 Å². The van der Waals surface area contributed by atoms with E-state index in [1.165, 1.54) is 31.0 Å². The molecule has 3 aromatic rings. The van der Waals surface area contributed by atoms with Crippen LogP contribution in [0.2, 0.25) is 0 Å². The molecule has 6 nitrogen and oxygen atoms in total. The van der Waals surface area contributed by atoms with Crippen LogP contribution in [0.25, 0.3) is 17.1 Å². The SMILES string of the molecule is Cc1ccccc1-n1c(SCC(=O)N[C@@H]2CCCC[C@H]2C)nnc1-c1ccncc1. The lowest BCUT2D eigenvalue weighted by molar-refractivity contribution is -0.119. The number of pyridine rings is 1. The molecule has 2 aromatic heterocycles. The van der Waals surface area contributed by atoms with Crippen LogP contribution in [0.15, 0.2) is 53.9 Å². The van der Waals surface area contributed by atoms with Gasteiger partial charge in [0.1, 0.15) is 0 Å². The van der Waals surface area contributed by atoms with Crippen molar-refractivity contribution in [2.75, 3.05) is 5.75 Å². The van der Waals surface area contributed by atoms with Crippen molar-refractivity contribution in [3.05, 3.63) is 54.4 Å². The molecule has 1 aromatic carbocycles. The molecule has 2 heterocycles. The van der Waals surface area contributed by atoms with Gasteiger partial charge in [-0.2, -0.15) is 0 Å². The van der Waals surface area contributed by atoms with E-state index in [2.05, 4.69) is 46.5 Å². The van der Waals surface area contributed by atoms with Crippen molar-refractivity contribution in [2.24, 2.45) is 5.92 Å². The molecular formula is C23H27N5OS. The summed E-state index contributed by atoms with van der Waals surface area (Å²) in [5.74, 6) is 1.67. The minimum absolute atomic E-state index is 0.0588. The molecule has 1 aliphatic rings. The van der Waals surface area contributed by atoms with E-state index < -0.39 is 0 Å². The fraction of sp³-hybridized carbons (Fsp3) is 0.391. The van der Waals surface area contributed by atoms with Gasteiger partial charge in [0.05, 0.1) is 11.4 Å². The van der Waals surface area contributed by atoms with Gasteiger partial charge < -0.3 is 5.32 Å². The molecule has 0 spiro atoms. The number of rotatable bonds is 6. The molecule has 30 heavy (non-hydrogen) atoms. The topological polar surface area (TPSA) is 72.7 Å². The van der Waals surface area contributed by atoms with Gasteiger partial charge in [0.15, 0.2) is 11.0 Å². The van der Waals surface area contributed by atoms with Crippen LogP contribution in [0.5, 0.6) is 0 Å². The van der Waals surface area contributed by atoms with Crippen molar-refractivity contribution >= 4 is 17.7 Å². The highest BCUT2D eigenvalue weighted by Gasteiger charge is 2.23. The number of carbonyl (C=O) groups excluding carboxylic acids is 1.